The topological polar surface area (TPSA) is 194 Å². The van der Waals surface area contributed by atoms with Crippen LogP contribution in [0.1, 0.15) is 51.5 Å². The van der Waals surface area contributed by atoms with Gasteiger partial charge >= 0.3 is 35.7 Å². The van der Waals surface area contributed by atoms with Gasteiger partial charge in [-0.2, -0.15) is 0 Å². The van der Waals surface area contributed by atoms with Crippen LogP contribution in [0.2, 0.25) is 0 Å². The molecule has 1 aliphatic carbocycles. The van der Waals surface area contributed by atoms with Gasteiger partial charge in [0.25, 0.3) is 0 Å². The number of carbonyl (C=O) groups is 4. The van der Waals surface area contributed by atoms with Crippen molar-refractivity contribution in [3.05, 3.63) is 35.9 Å². The van der Waals surface area contributed by atoms with Crippen molar-refractivity contribution in [3.63, 3.8) is 0 Å². The van der Waals surface area contributed by atoms with E-state index in [1.807, 2.05) is 44.2 Å². The van der Waals surface area contributed by atoms with Gasteiger partial charge in [-0.3, -0.25) is 14.4 Å². The van der Waals surface area contributed by atoms with E-state index in [0.717, 1.165) is 5.56 Å². The van der Waals surface area contributed by atoms with Crippen molar-refractivity contribution in [3.8, 4) is 0 Å². The van der Waals surface area contributed by atoms with Crippen molar-refractivity contribution >= 4 is 33.9 Å². The van der Waals surface area contributed by atoms with Crippen LogP contribution in [-0.4, -0.2) is 90.0 Å². The average molecular weight is 631 g/mol. The Morgan fingerprint density at radius 3 is 2.37 bits per heavy atom. The number of amides is 4. The molecule has 2 heterocycles. The maximum atomic E-state index is 13.1. The third kappa shape index (κ3) is 9.38. The van der Waals surface area contributed by atoms with Gasteiger partial charge in [-0.25, -0.2) is 13.2 Å². The quantitative estimate of drug-likeness (QED) is 0.140. The van der Waals surface area contributed by atoms with Crippen molar-refractivity contribution in [1.29, 1.82) is 0 Å². The Hall–Kier alpha value is -2.23. The molecule has 232 valence electrons. The first-order valence-corrected chi connectivity index (χ1v) is 15.7. The molecule has 1 saturated carbocycles. The normalized spacial score (nSPS) is 21.5. The summed E-state index contributed by atoms with van der Waals surface area (Å²) in [4.78, 5) is 52.2. The number of hydrogen-bond donors (Lipinski definition) is 4. The van der Waals surface area contributed by atoms with Gasteiger partial charge in [-0.15, -0.1) is 0 Å². The van der Waals surface area contributed by atoms with Gasteiger partial charge in [0, 0.05) is 31.0 Å². The second-order valence-electron chi connectivity index (χ2n) is 12.2. The third-order valence-corrected chi connectivity index (χ3v) is 9.10. The van der Waals surface area contributed by atoms with Crippen molar-refractivity contribution in [2.75, 3.05) is 19.6 Å². The number of aliphatic hydroxyl groups excluding tert-OH is 1. The number of rotatable bonds is 12. The fourth-order valence-corrected chi connectivity index (χ4v) is 6.59. The van der Waals surface area contributed by atoms with Crippen molar-refractivity contribution < 1.29 is 71.5 Å². The summed E-state index contributed by atoms with van der Waals surface area (Å²) in [5, 5.41) is 17.6. The van der Waals surface area contributed by atoms with Crippen LogP contribution in [0.25, 0.3) is 0 Å². The summed E-state index contributed by atoms with van der Waals surface area (Å²) >= 11 is 0. The molecular weight excluding hydrogens is 591 g/mol. The van der Waals surface area contributed by atoms with E-state index < -0.39 is 45.6 Å². The summed E-state index contributed by atoms with van der Waals surface area (Å²) in [5.41, 5.74) is -1.59. The minimum absolute atomic E-state index is 0. The molecule has 1 spiro atoms. The van der Waals surface area contributed by atoms with Crippen LogP contribution in [0.4, 0.5) is 4.79 Å². The van der Waals surface area contributed by atoms with E-state index in [0.29, 0.717) is 45.3 Å². The standard InChI is InChI=1S/C28H40N4O9S.Na/c1-17(2)10-21(25(35)30-22(26(36)42(38,39)40)12-19-8-9-29-24(19)34)31-27(37)41-20-13-28(14-20)15-32(16-28)23(33)11-18-6-4-3-5-7-18;/h3-7,17,19-22,26,36H,8-16H2,1-2H3,(H,29,34)(H,30,35)(H,31,37)(H,38,39,40);/q;+1/p-1/t19-,21+,22+,26?;/m1./s1. The molecule has 4 N–H and O–H groups in total. The molecular formula is C28H39N4NaO9S. The molecule has 0 aromatic heterocycles. The Morgan fingerprint density at radius 2 is 1.81 bits per heavy atom. The number of carbonyl (C=O) groups excluding carboxylic acids is 4. The van der Waals surface area contributed by atoms with Crippen LogP contribution in [0, 0.1) is 17.3 Å². The van der Waals surface area contributed by atoms with Crippen LogP contribution in [-0.2, 0) is 35.7 Å². The molecule has 4 rings (SSSR count). The maximum Gasteiger partial charge on any atom is 1.00 e. The van der Waals surface area contributed by atoms with Gasteiger partial charge in [0.05, 0.1) is 12.5 Å². The Bertz CT molecular complexity index is 1270. The SMILES string of the molecule is CC(C)C[C@H](NC(=O)OC1CC2(C1)CN(C(=O)Cc1ccccc1)C2)C(=O)N[C@@H](C[C@H]1CCNC1=O)C(O)S(=O)(=O)[O-].[Na+]. The fraction of sp³-hybridized carbons (Fsp3) is 0.643. The summed E-state index contributed by atoms with van der Waals surface area (Å²) in [6, 6.07) is 6.83. The number of hydrogen-bond acceptors (Lipinski definition) is 9. The molecule has 13 nitrogen and oxygen atoms in total. The zero-order chi connectivity index (χ0) is 30.7. The van der Waals surface area contributed by atoms with E-state index in [9.17, 15) is 37.3 Å². The molecule has 1 aromatic carbocycles. The smallest absolute Gasteiger partial charge is 0.746 e. The number of ether oxygens (including phenoxy) is 1. The molecule has 2 aliphatic heterocycles. The maximum absolute atomic E-state index is 13.1. The van der Waals surface area contributed by atoms with Crippen LogP contribution in [0.3, 0.4) is 0 Å². The second-order valence-corrected chi connectivity index (χ2v) is 13.7. The van der Waals surface area contributed by atoms with Gasteiger partial charge in [-0.1, -0.05) is 44.2 Å². The largest absolute Gasteiger partial charge is 1.00 e. The Kier molecular flexibility index (Phi) is 12.1. The van der Waals surface area contributed by atoms with E-state index in [4.69, 9.17) is 4.74 Å². The van der Waals surface area contributed by atoms with E-state index in [2.05, 4.69) is 16.0 Å². The van der Waals surface area contributed by atoms with Gasteiger partial charge in [0.15, 0.2) is 5.44 Å². The molecule has 15 heteroatoms. The van der Waals surface area contributed by atoms with E-state index in [1.165, 1.54) is 0 Å². The minimum Gasteiger partial charge on any atom is -0.746 e. The zero-order valence-corrected chi connectivity index (χ0v) is 27.6. The van der Waals surface area contributed by atoms with E-state index in [-0.39, 0.29) is 71.7 Å². The minimum atomic E-state index is -5.20. The summed E-state index contributed by atoms with van der Waals surface area (Å²) in [5.74, 6) is -1.86. The molecule has 1 aromatic rings. The Balaban J connectivity index is 0.00000506. The van der Waals surface area contributed by atoms with Crippen molar-refractivity contribution in [2.24, 2.45) is 17.3 Å². The van der Waals surface area contributed by atoms with Gasteiger partial charge in [-0.05, 0) is 43.6 Å². The molecule has 0 bridgehead atoms. The monoisotopic (exact) mass is 630 g/mol. The predicted octanol–water partition coefficient (Wildman–Crippen LogP) is -2.76. The molecule has 43 heavy (non-hydrogen) atoms. The molecule has 1 unspecified atom stereocenters. The molecule has 3 fully saturated rings. The molecule has 3 aliphatic rings. The first-order chi connectivity index (χ1) is 19.7. The summed E-state index contributed by atoms with van der Waals surface area (Å²) < 4.78 is 40.2. The summed E-state index contributed by atoms with van der Waals surface area (Å²) in [7, 11) is -5.20. The molecule has 0 radical (unpaired) electrons. The second kappa shape index (κ2) is 14.7. The number of likely N-dealkylation sites (tertiary alicyclic amines) is 1. The molecule has 4 amide bonds. The fourth-order valence-electron chi connectivity index (χ4n) is 6.01. The zero-order valence-electron chi connectivity index (χ0n) is 24.8. The van der Waals surface area contributed by atoms with Crippen LogP contribution in [0.15, 0.2) is 30.3 Å². The number of nitrogens with one attached hydrogen (secondary N) is 3. The van der Waals surface area contributed by atoms with Crippen molar-refractivity contribution in [2.45, 2.75) is 76.0 Å². The van der Waals surface area contributed by atoms with E-state index >= 15 is 0 Å². The Morgan fingerprint density at radius 1 is 1.16 bits per heavy atom. The van der Waals surface area contributed by atoms with E-state index in [1.54, 1.807) is 4.90 Å². The Labute approximate surface area is 273 Å². The van der Waals surface area contributed by atoms with Crippen LogP contribution < -0.4 is 45.5 Å². The summed E-state index contributed by atoms with van der Waals surface area (Å²) in [6.07, 6.45) is 0.601. The number of nitrogens with zero attached hydrogens (tertiary/aromatic N) is 1. The van der Waals surface area contributed by atoms with Crippen molar-refractivity contribution in [1.82, 2.24) is 20.9 Å². The third-order valence-electron chi connectivity index (χ3n) is 8.18. The number of alkyl carbamates (subject to hydrolysis) is 1. The first-order valence-electron chi connectivity index (χ1n) is 14.2. The number of benzene rings is 1. The van der Waals surface area contributed by atoms with Gasteiger partial charge in [0.2, 0.25) is 17.7 Å². The molecule has 4 atom stereocenters. The average Bonchev–Trinajstić information content (AvgIpc) is 3.27. The van der Waals surface area contributed by atoms with Gasteiger partial charge in [0.1, 0.15) is 22.3 Å². The van der Waals surface area contributed by atoms with Crippen LogP contribution >= 0.6 is 0 Å². The number of aliphatic hydroxyl groups is 1. The van der Waals surface area contributed by atoms with Gasteiger partial charge < -0.3 is 35.2 Å². The summed E-state index contributed by atoms with van der Waals surface area (Å²) in [6.45, 7) is 5.20. The first kappa shape index (κ1) is 35.3. The van der Waals surface area contributed by atoms with Crippen LogP contribution in [0.5, 0.6) is 0 Å². The molecule has 2 saturated heterocycles. The predicted molar refractivity (Wildman–Crippen MR) is 148 cm³/mol.